The number of hydrogen-bond donors (Lipinski definition) is 2. The van der Waals surface area contributed by atoms with Crippen molar-refractivity contribution in [3.8, 4) is 34.5 Å². The lowest BCUT2D eigenvalue weighted by molar-refractivity contribution is -0.140. The van der Waals surface area contributed by atoms with E-state index in [2.05, 4.69) is 26.0 Å². The first kappa shape index (κ1) is 48.5. The monoisotopic (exact) mass is 781 g/mol. The number of unbranched alkanes of at least 4 members (excludes halogenated alkanes) is 21. The van der Waals surface area contributed by atoms with E-state index in [9.17, 15) is 19.8 Å². The Kier molecular flexibility index (Phi) is 27.2. The second-order valence-corrected chi connectivity index (χ2v) is 15.3. The molecule has 2 aromatic rings. The fraction of sp³-hybridized carbons (Fsp3) is 0.667. The summed E-state index contributed by atoms with van der Waals surface area (Å²) in [6, 6.07) is 6.08. The normalized spacial score (nSPS) is 11.3. The van der Waals surface area contributed by atoms with E-state index in [0.29, 0.717) is 24.0 Å². The maximum Gasteiger partial charge on any atom is 0.311 e. The highest BCUT2D eigenvalue weighted by molar-refractivity contribution is 5.81. The number of aromatic hydroxyl groups is 2. The van der Waals surface area contributed by atoms with E-state index in [1.165, 1.54) is 136 Å². The molecule has 0 aliphatic heterocycles. The first-order chi connectivity index (χ1) is 27.3. The molecular weight excluding hydrogens is 705 g/mol. The van der Waals surface area contributed by atoms with Crippen LogP contribution in [-0.2, 0) is 22.4 Å². The lowest BCUT2D eigenvalue weighted by Gasteiger charge is -2.16. The van der Waals surface area contributed by atoms with Crippen LogP contribution in [0, 0.1) is 0 Å². The molecule has 0 unspecified atom stereocenters. The van der Waals surface area contributed by atoms with Crippen molar-refractivity contribution in [2.45, 2.75) is 194 Å². The first-order valence-corrected chi connectivity index (χ1v) is 22.2. The average molecular weight is 781 g/mol. The predicted molar refractivity (Wildman–Crippen MR) is 229 cm³/mol. The third-order valence-corrected chi connectivity index (χ3v) is 10.4. The number of esters is 2. The summed E-state index contributed by atoms with van der Waals surface area (Å²) in [5.74, 6) is -0.0251. The van der Waals surface area contributed by atoms with Crippen molar-refractivity contribution < 1.29 is 38.7 Å². The molecule has 0 amide bonds. The second-order valence-electron chi connectivity index (χ2n) is 15.3. The van der Waals surface area contributed by atoms with Gasteiger partial charge in [0, 0.05) is 23.3 Å². The maximum absolute atomic E-state index is 13.0. The van der Waals surface area contributed by atoms with E-state index in [0.717, 1.165) is 44.9 Å². The van der Waals surface area contributed by atoms with Crippen LogP contribution in [0.5, 0.6) is 34.5 Å². The number of rotatable bonds is 34. The lowest BCUT2D eigenvalue weighted by atomic mass is 10.0. The van der Waals surface area contributed by atoms with Gasteiger partial charge in [-0.3, -0.25) is 9.59 Å². The van der Waals surface area contributed by atoms with Crippen LogP contribution in [0.4, 0.5) is 0 Å². The lowest BCUT2D eigenvalue weighted by Crippen LogP contribution is -2.16. The van der Waals surface area contributed by atoms with Crippen LogP contribution in [0.15, 0.2) is 36.4 Å². The van der Waals surface area contributed by atoms with Gasteiger partial charge in [0.25, 0.3) is 0 Å². The molecular formula is C48H76O8. The Morgan fingerprint density at radius 2 is 0.804 bits per heavy atom. The number of aryl methyl sites for hydroxylation is 2. The SMILES string of the molecule is CCCCCCC=CCCCCCCCc1cc(O)cc(OC)c1OC(=O)CCC(=O)Oc1c(CCCCCCCCCCCCCCC)cc(O)cc1OC. The molecule has 0 heterocycles. The number of ether oxygens (including phenoxy) is 4. The highest BCUT2D eigenvalue weighted by Crippen LogP contribution is 2.38. The van der Waals surface area contributed by atoms with Crippen LogP contribution in [0.1, 0.15) is 192 Å². The first-order valence-electron chi connectivity index (χ1n) is 22.2. The van der Waals surface area contributed by atoms with Gasteiger partial charge in [-0.05, 0) is 63.5 Å². The zero-order valence-corrected chi connectivity index (χ0v) is 35.6. The summed E-state index contributed by atoms with van der Waals surface area (Å²) < 4.78 is 22.4. The standard InChI is InChI=1S/C48H76O8/c1-5-7-9-11-13-15-17-19-21-23-25-27-29-31-39-35-41(49)37-43(53-3)47(39)55-45(51)33-34-46(52)56-48-40(36-42(50)38-44(48)54-4)32-30-28-26-24-22-20-18-16-14-12-10-8-6-2/h15,17,35-38,49-50H,5-14,16,18-34H2,1-4H3. The smallest absolute Gasteiger partial charge is 0.311 e. The molecule has 56 heavy (non-hydrogen) atoms. The number of hydrogen-bond acceptors (Lipinski definition) is 8. The molecule has 0 fully saturated rings. The Balaban J connectivity index is 1.81. The van der Waals surface area contributed by atoms with Gasteiger partial charge in [-0.1, -0.05) is 142 Å². The van der Waals surface area contributed by atoms with Gasteiger partial charge in [-0.25, -0.2) is 0 Å². The van der Waals surface area contributed by atoms with Crippen molar-refractivity contribution in [3.63, 3.8) is 0 Å². The number of carbonyl (C=O) groups excluding carboxylic acids is 2. The summed E-state index contributed by atoms with van der Waals surface area (Å²) in [6.45, 7) is 4.49. The van der Waals surface area contributed by atoms with Crippen molar-refractivity contribution in [2.24, 2.45) is 0 Å². The molecule has 0 spiro atoms. The number of allylic oxidation sites excluding steroid dienone is 2. The summed E-state index contributed by atoms with van der Waals surface area (Å²) in [5.41, 5.74) is 1.39. The van der Waals surface area contributed by atoms with Gasteiger partial charge in [-0.15, -0.1) is 0 Å². The van der Waals surface area contributed by atoms with E-state index in [4.69, 9.17) is 18.9 Å². The number of phenols is 2. The fourth-order valence-electron chi connectivity index (χ4n) is 7.09. The van der Waals surface area contributed by atoms with Gasteiger partial charge in [-0.2, -0.15) is 0 Å². The van der Waals surface area contributed by atoms with Crippen LogP contribution in [0.25, 0.3) is 0 Å². The van der Waals surface area contributed by atoms with Gasteiger partial charge in [0.15, 0.2) is 23.0 Å². The van der Waals surface area contributed by atoms with Gasteiger partial charge < -0.3 is 29.2 Å². The van der Waals surface area contributed by atoms with E-state index < -0.39 is 11.9 Å². The average Bonchev–Trinajstić information content (AvgIpc) is 3.19. The molecule has 8 nitrogen and oxygen atoms in total. The number of methoxy groups -OCH3 is 2. The highest BCUT2D eigenvalue weighted by atomic mass is 16.6. The highest BCUT2D eigenvalue weighted by Gasteiger charge is 2.21. The molecule has 2 aromatic carbocycles. The summed E-state index contributed by atoms with van der Waals surface area (Å²) in [6.07, 6.45) is 34.6. The quantitative estimate of drug-likeness (QED) is 0.0312. The molecule has 8 heteroatoms. The van der Waals surface area contributed by atoms with E-state index in [1.54, 1.807) is 12.1 Å². The number of benzene rings is 2. The van der Waals surface area contributed by atoms with Gasteiger partial charge in [0.1, 0.15) is 11.5 Å². The minimum absolute atomic E-state index is 0.0409. The van der Waals surface area contributed by atoms with E-state index in [-0.39, 0.29) is 47.3 Å². The van der Waals surface area contributed by atoms with Crippen LogP contribution in [-0.4, -0.2) is 36.4 Å². The summed E-state index contributed by atoms with van der Waals surface area (Å²) >= 11 is 0. The molecule has 0 aliphatic rings. The Bertz CT molecular complexity index is 1380. The second kappa shape index (κ2) is 31.4. The van der Waals surface area contributed by atoms with Gasteiger partial charge in [0.05, 0.1) is 27.1 Å². The summed E-state index contributed by atoms with van der Waals surface area (Å²) in [5, 5.41) is 20.7. The fourth-order valence-corrected chi connectivity index (χ4v) is 7.09. The van der Waals surface area contributed by atoms with Crippen molar-refractivity contribution in [2.75, 3.05) is 14.2 Å². The van der Waals surface area contributed by atoms with E-state index >= 15 is 0 Å². The predicted octanol–water partition coefficient (Wildman–Crippen LogP) is 13.4. The van der Waals surface area contributed by atoms with Crippen LogP contribution in [0.3, 0.4) is 0 Å². The van der Waals surface area contributed by atoms with Crippen molar-refractivity contribution in [1.82, 2.24) is 0 Å². The van der Waals surface area contributed by atoms with Crippen molar-refractivity contribution in [1.29, 1.82) is 0 Å². The van der Waals surface area contributed by atoms with Crippen LogP contribution in [0.2, 0.25) is 0 Å². The zero-order valence-electron chi connectivity index (χ0n) is 35.6. The minimum atomic E-state index is -0.601. The van der Waals surface area contributed by atoms with E-state index in [1.807, 2.05) is 0 Å². The zero-order chi connectivity index (χ0) is 40.6. The third kappa shape index (κ3) is 21.6. The molecule has 0 aliphatic carbocycles. The molecule has 2 rings (SSSR count). The van der Waals surface area contributed by atoms with Crippen LogP contribution < -0.4 is 18.9 Å². The number of phenolic OH excluding ortho intramolecular Hbond substituents is 2. The maximum atomic E-state index is 13.0. The minimum Gasteiger partial charge on any atom is -0.508 e. The van der Waals surface area contributed by atoms with Crippen LogP contribution >= 0.6 is 0 Å². The molecule has 0 bridgehead atoms. The third-order valence-electron chi connectivity index (χ3n) is 10.4. The molecule has 0 saturated heterocycles. The largest absolute Gasteiger partial charge is 0.508 e. The topological polar surface area (TPSA) is 112 Å². The Morgan fingerprint density at radius 1 is 0.482 bits per heavy atom. The Morgan fingerprint density at radius 3 is 1.16 bits per heavy atom. The Hall–Kier alpha value is -3.68. The molecule has 0 radical (unpaired) electrons. The van der Waals surface area contributed by atoms with Crippen molar-refractivity contribution in [3.05, 3.63) is 47.5 Å². The summed E-state index contributed by atoms with van der Waals surface area (Å²) in [4.78, 5) is 26.1. The molecule has 0 atom stereocenters. The molecule has 0 aromatic heterocycles. The number of carbonyl (C=O) groups is 2. The Labute approximate surface area is 339 Å². The molecule has 2 N–H and O–H groups in total. The van der Waals surface area contributed by atoms with Crippen molar-refractivity contribution >= 4 is 11.9 Å². The molecule has 316 valence electrons. The van der Waals surface area contributed by atoms with Gasteiger partial charge >= 0.3 is 11.9 Å². The summed E-state index contributed by atoms with van der Waals surface area (Å²) in [7, 11) is 2.93. The molecule has 0 saturated carbocycles. The van der Waals surface area contributed by atoms with Gasteiger partial charge in [0.2, 0.25) is 0 Å².